The molecule has 0 bridgehead atoms. The van der Waals surface area contributed by atoms with Crippen molar-refractivity contribution in [2.24, 2.45) is 0 Å². The quantitative estimate of drug-likeness (QED) is 0.492. The van der Waals surface area contributed by atoms with Gasteiger partial charge in [-0.15, -0.1) is 0 Å². The summed E-state index contributed by atoms with van der Waals surface area (Å²) in [6.45, 7) is 0.567. The van der Waals surface area contributed by atoms with Gasteiger partial charge in [0.1, 0.15) is 17.2 Å². The number of carbonyl (C=O) groups excluding carboxylic acids is 1. The molecule has 2 aromatic heterocycles. The molecule has 0 aliphatic heterocycles. The number of rotatable bonds is 7. The molecule has 4 rings (SSSR count). The predicted molar refractivity (Wildman–Crippen MR) is 113 cm³/mol. The number of methoxy groups -OCH3 is 2. The van der Waals surface area contributed by atoms with Crippen LogP contribution >= 0.6 is 0 Å². The SMILES string of the molecule is COc1cccc(Cn2cc(NC(=O)c3cc(-c4cccc(OC)c4)n[nH]3)cn2)c1. The first-order valence-corrected chi connectivity index (χ1v) is 9.31. The number of amides is 1. The first-order chi connectivity index (χ1) is 14.6. The summed E-state index contributed by atoms with van der Waals surface area (Å²) in [4.78, 5) is 12.6. The Balaban J connectivity index is 1.43. The molecule has 8 heteroatoms. The molecule has 0 saturated carbocycles. The molecule has 8 nitrogen and oxygen atoms in total. The maximum Gasteiger partial charge on any atom is 0.273 e. The average Bonchev–Trinajstić information content (AvgIpc) is 3.44. The number of aromatic nitrogens is 4. The lowest BCUT2D eigenvalue weighted by Crippen LogP contribution is -2.11. The Kier molecular flexibility index (Phi) is 5.47. The Morgan fingerprint density at radius 2 is 1.83 bits per heavy atom. The minimum absolute atomic E-state index is 0.294. The largest absolute Gasteiger partial charge is 0.497 e. The van der Waals surface area contributed by atoms with Crippen molar-refractivity contribution < 1.29 is 14.3 Å². The lowest BCUT2D eigenvalue weighted by atomic mass is 10.1. The van der Waals surface area contributed by atoms with Crippen LogP contribution in [-0.4, -0.2) is 40.1 Å². The summed E-state index contributed by atoms with van der Waals surface area (Å²) in [5, 5.41) is 14.1. The number of nitrogens with zero attached hydrogens (tertiary/aromatic N) is 3. The zero-order chi connectivity index (χ0) is 20.9. The third-order valence-electron chi connectivity index (χ3n) is 4.56. The van der Waals surface area contributed by atoms with Crippen LogP contribution in [0.2, 0.25) is 0 Å². The van der Waals surface area contributed by atoms with Crippen LogP contribution in [0.15, 0.2) is 67.0 Å². The summed E-state index contributed by atoms with van der Waals surface area (Å²) in [6.07, 6.45) is 3.38. The fourth-order valence-electron chi connectivity index (χ4n) is 3.04. The molecule has 0 aliphatic carbocycles. The highest BCUT2D eigenvalue weighted by Gasteiger charge is 2.13. The van der Waals surface area contributed by atoms with Gasteiger partial charge in [0.2, 0.25) is 0 Å². The Morgan fingerprint density at radius 1 is 1.07 bits per heavy atom. The Hall–Kier alpha value is -4.07. The minimum atomic E-state index is -0.294. The van der Waals surface area contributed by atoms with E-state index in [1.54, 1.807) is 37.4 Å². The van der Waals surface area contributed by atoms with Gasteiger partial charge in [-0.05, 0) is 35.9 Å². The van der Waals surface area contributed by atoms with Crippen molar-refractivity contribution in [1.29, 1.82) is 0 Å². The van der Waals surface area contributed by atoms with E-state index in [1.807, 2.05) is 48.5 Å². The van der Waals surface area contributed by atoms with Crippen LogP contribution < -0.4 is 14.8 Å². The second kappa shape index (κ2) is 8.52. The van der Waals surface area contributed by atoms with E-state index in [1.165, 1.54) is 0 Å². The molecular formula is C22H21N5O3. The molecule has 1 amide bonds. The van der Waals surface area contributed by atoms with Gasteiger partial charge in [-0.1, -0.05) is 24.3 Å². The molecular weight excluding hydrogens is 382 g/mol. The van der Waals surface area contributed by atoms with Crippen LogP contribution in [0, 0.1) is 0 Å². The molecule has 0 saturated heterocycles. The Morgan fingerprint density at radius 3 is 2.63 bits per heavy atom. The Labute approximate surface area is 173 Å². The van der Waals surface area contributed by atoms with Gasteiger partial charge < -0.3 is 14.8 Å². The van der Waals surface area contributed by atoms with E-state index < -0.39 is 0 Å². The summed E-state index contributed by atoms with van der Waals surface area (Å²) in [5.41, 5.74) is 3.52. The smallest absolute Gasteiger partial charge is 0.273 e. The Bertz CT molecular complexity index is 1160. The lowest BCUT2D eigenvalue weighted by molar-refractivity contribution is 0.102. The maximum atomic E-state index is 12.6. The van der Waals surface area contributed by atoms with Crippen molar-refractivity contribution in [1.82, 2.24) is 20.0 Å². The summed E-state index contributed by atoms with van der Waals surface area (Å²) in [7, 11) is 3.24. The van der Waals surface area contributed by atoms with Gasteiger partial charge in [-0.25, -0.2) is 0 Å². The second-order valence-corrected chi connectivity index (χ2v) is 6.63. The fraction of sp³-hybridized carbons (Fsp3) is 0.136. The van der Waals surface area contributed by atoms with E-state index >= 15 is 0 Å². The molecule has 0 fully saturated rings. The van der Waals surface area contributed by atoms with Crippen molar-refractivity contribution >= 4 is 11.6 Å². The van der Waals surface area contributed by atoms with E-state index in [9.17, 15) is 4.79 Å². The normalized spacial score (nSPS) is 10.6. The van der Waals surface area contributed by atoms with E-state index in [0.29, 0.717) is 23.6 Å². The van der Waals surface area contributed by atoms with Crippen LogP contribution in [0.4, 0.5) is 5.69 Å². The molecule has 0 spiro atoms. The van der Waals surface area contributed by atoms with Gasteiger partial charge in [-0.3, -0.25) is 14.6 Å². The van der Waals surface area contributed by atoms with Crippen LogP contribution in [0.1, 0.15) is 16.1 Å². The third kappa shape index (κ3) is 4.33. The van der Waals surface area contributed by atoms with Crippen molar-refractivity contribution in [3.05, 3.63) is 78.2 Å². The molecule has 0 unspecified atom stereocenters. The highest BCUT2D eigenvalue weighted by Crippen LogP contribution is 2.23. The number of aromatic amines is 1. The molecule has 152 valence electrons. The van der Waals surface area contributed by atoms with E-state index in [4.69, 9.17) is 9.47 Å². The first-order valence-electron chi connectivity index (χ1n) is 9.31. The summed E-state index contributed by atoms with van der Waals surface area (Å²) < 4.78 is 12.2. The van der Waals surface area contributed by atoms with E-state index in [-0.39, 0.29) is 5.91 Å². The zero-order valence-electron chi connectivity index (χ0n) is 16.6. The van der Waals surface area contributed by atoms with Crippen LogP contribution in [0.5, 0.6) is 11.5 Å². The molecule has 2 heterocycles. The number of ether oxygens (including phenoxy) is 2. The molecule has 0 radical (unpaired) electrons. The minimum Gasteiger partial charge on any atom is -0.497 e. The molecule has 2 aromatic carbocycles. The number of hydrogen-bond acceptors (Lipinski definition) is 5. The average molecular weight is 403 g/mol. The lowest BCUT2D eigenvalue weighted by Gasteiger charge is -2.04. The monoisotopic (exact) mass is 403 g/mol. The molecule has 30 heavy (non-hydrogen) atoms. The van der Waals surface area contributed by atoms with Gasteiger partial charge in [0.05, 0.1) is 38.3 Å². The number of benzene rings is 2. The van der Waals surface area contributed by atoms with Crippen molar-refractivity contribution in [3.8, 4) is 22.8 Å². The van der Waals surface area contributed by atoms with Crippen LogP contribution in [0.25, 0.3) is 11.3 Å². The highest BCUT2D eigenvalue weighted by atomic mass is 16.5. The maximum absolute atomic E-state index is 12.6. The third-order valence-corrected chi connectivity index (χ3v) is 4.56. The van der Waals surface area contributed by atoms with Crippen molar-refractivity contribution in [2.75, 3.05) is 19.5 Å². The summed E-state index contributed by atoms with van der Waals surface area (Å²) in [6, 6.07) is 17.0. The van der Waals surface area contributed by atoms with Crippen LogP contribution in [-0.2, 0) is 6.54 Å². The fourth-order valence-corrected chi connectivity index (χ4v) is 3.04. The molecule has 4 aromatic rings. The standard InChI is InChI=1S/C22H21N5O3/c1-29-18-7-3-5-15(9-18)13-27-14-17(12-23-27)24-22(28)21-11-20(25-26-21)16-6-4-8-19(10-16)30-2/h3-12,14H,13H2,1-2H3,(H,24,28)(H,25,26). The molecule has 0 atom stereocenters. The topological polar surface area (TPSA) is 94.1 Å². The van der Waals surface area contributed by atoms with Gasteiger partial charge in [0.25, 0.3) is 5.91 Å². The first kappa shape index (κ1) is 19.3. The number of anilines is 1. The van der Waals surface area contributed by atoms with Crippen molar-refractivity contribution in [3.63, 3.8) is 0 Å². The van der Waals surface area contributed by atoms with Crippen LogP contribution in [0.3, 0.4) is 0 Å². The molecule has 2 N–H and O–H groups in total. The van der Waals surface area contributed by atoms with E-state index in [2.05, 4.69) is 20.6 Å². The van der Waals surface area contributed by atoms with E-state index in [0.717, 1.165) is 22.6 Å². The summed E-state index contributed by atoms with van der Waals surface area (Å²) >= 11 is 0. The highest BCUT2D eigenvalue weighted by molar-refractivity contribution is 6.03. The molecule has 0 aliphatic rings. The zero-order valence-corrected chi connectivity index (χ0v) is 16.6. The predicted octanol–water partition coefficient (Wildman–Crippen LogP) is 3.59. The van der Waals surface area contributed by atoms with Gasteiger partial charge in [-0.2, -0.15) is 10.2 Å². The second-order valence-electron chi connectivity index (χ2n) is 6.63. The van der Waals surface area contributed by atoms with Gasteiger partial charge >= 0.3 is 0 Å². The van der Waals surface area contributed by atoms with Gasteiger partial charge in [0, 0.05) is 11.8 Å². The number of hydrogen-bond donors (Lipinski definition) is 2. The summed E-state index contributed by atoms with van der Waals surface area (Å²) in [5.74, 6) is 1.22. The number of H-pyrrole nitrogens is 1. The number of carbonyl (C=O) groups is 1. The van der Waals surface area contributed by atoms with Crippen molar-refractivity contribution in [2.45, 2.75) is 6.54 Å². The van der Waals surface area contributed by atoms with Gasteiger partial charge in [0.15, 0.2) is 0 Å². The number of nitrogens with one attached hydrogen (secondary N) is 2.